The first-order chi connectivity index (χ1) is 9.81. The van der Waals surface area contributed by atoms with Crippen LogP contribution >= 0.6 is 0 Å². The predicted octanol–water partition coefficient (Wildman–Crippen LogP) is 2.41. The molecule has 0 bridgehead atoms. The first-order valence-corrected chi connectivity index (χ1v) is 7.19. The van der Waals surface area contributed by atoms with Crippen LogP contribution in [-0.2, 0) is 4.79 Å². The molecule has 0 spiro atoms. The molecular weight excluding hydrogens is 268 g/mol. The quantitative estimate of drug-likeness (QED) is 0.799. The molecule has 1 aromatic rings. The van der Waals surface area contributed by atoms with Gasteiger partial charge in [0.15, 0.2) is 0 Å². The summed E-state index contributed by atoms with van der Waals surface area (Å²) in [5.74, 6) is -1.21. The SMILES string of the molecule is Cc1ccc(NC(=O)C2NCCCC2(C)C)c(C(=O)O)c1. The van der Waals surface area contributed by atoms with Crippen LogP contribution in [0.5, 0.6) is 0 Å². The molecular formula is C16H22N2O3. The van der Waals surface area contributed by atoms with E-state index in [1.165, 1.54) is 0 Å². The molecule has 1 heterocycles. The van der Waals surface area contributed by atoms with Crippen molar-refractivity contribution in [2.75, 3.05) is 11.9 Å². The summed E-state index contributed by atoms with van der Waals surface area (Å²) < 4.78 is 0. The Hall–Kier alpha value is -1.88. The molecule has 1 fully saturated rings. The van der Waals surface area contributed by atoms with Crippen molar-refractivity contribution in [3.63, 3.8) is 0 Å². The van der Waals surface area contributed by atoms with Crippen molar-refractivity contribution in [1.29, 1.82) is 0 Å². The van der Waals surface area contributed by atoms with E-state index < -0.39 is 5.97 Å². The van der Waals surface area contributed by atoms with Gasteiger partial charge in [0.2, 0.25) is 5.91 Å². The van der Waals surface area contributed by atoms with Gasteiger partial charge in [0.05, 0.1) is 17.3 Å². The Morgan fingerprint density at radius 3 is 2.71 bits per heavy atom. The number of aromatic carboxylic acids is 1. The van der Waals surface area contributed by atoms with Crippen LogP contribution in [0.1, 0.15) is 42.6 Å². The summed E-state index contributed by atoms with van der Waals surface area (Å²) in [5, 5.41) is 15.2. The lowest BCUT2D eigenvalue weighted by atomic mass is 9.77. The number of rotatable bonds is 3. The van der Waals surface area contributed by atoms with Gasteiger partial charge < -0.3 is 15.7 Å². The lowest BCUT2D eigenvalue weighted by Gasteiger charge is -2.38. The van der Waals surface area contributed by atoms with Gasteiger partial charge in [0.1, 0.15) is 0 Å². The molecule has 114 valence electrons. The fourth-order valence-electron chi connectivity index (χ4n) is 2.81. The van der Waals surface area contributed by atoms with Gasteiger partial charge in [0.25, 0.3) is 0 Å². The highest BCUT2D eigenvalue weighted by Gasteiger charge is 2.37. The maximum Gasteiger partial charge on any atom is 0.337 e. The molecule has 0 saturated carbocycles. The zero-order valence-corrected chi connectivity index (χ0v) is 12.7. The van der Waals surface area contributed by atoms with Gasteiger partial charge in [0, 0.05) is 0 Å². The van der Waals surface area contributed by atoms with Crippen molar-refractivity contribution < 1.29 is 14.7 Å². The van der Waals surface area contributed by atoms with Crippen molar-refractivity contribution in [2.45, 2.75) is 39.7 Å². The third-order valence-electron chi connectivity index (χ3n) is 4.05. The third-order valence-corrected chi connectivity index (χ3v) is 4.05. The minimum absolute atomic E-state index is 0.122. The molecule has 1 amide bonds. The highest BCUT2D eigenvalue weighted by Crippen LogP contribution is 2.31. The minimum Gasteiger partial charge on any atom is -0.478 e. The first kappa shape index (κ1) is 15.5. The number of carbonyl (C=O) groups is 2. The summed E-state index contributed by atoms with van der Waals surface area (Å²) in [7, 11) is 0. The van der Waals surface area contributed by atoms with Crippen molar-refractivity contribution in [3.05, 3.63) is 29.3 Å². The lowest BCUT2D eigenvalue weighted by molar-refractivity contribution is -0.121. The number of carboxylic acids is 1. The number of piperidine rings is 1. The fourth-order valence-corrected chi connectivity index (χ4v) is 2.81. The second kappa shape index (κ2) is 5.85. The van der Waals surface area contributed by atoms with Gasteiger partial charge in [-0.2, -0.15) is 0 Å². The first-order valence-electron chi connectivity index (χ1n) is 7.19. The Morgan fingerprint density at radius 1 is 1.38 bits per heavy atom. The van der Waals surface area contributed by atoms with E-state index in [1.54, 1.807) is 18.2 Å². The highest BCUT2D eigenvalue weighted by atomic mass is 16.4. The molecule has 3 N–H and O–H groups in total. The fraction of sp³-hybridized carbons (Fsp3) is 0.500. The molecule has 0 radical (unpaired) electrons. The molecule has 0 aliphatic carbocycles. The van der Waals surface area contributed by atoms with E-state index in [-0.39, 0.29) is 22.9 Å². The molecule has 1 atom stereocenters. The molecule has 1 aliphatic heterocycles. The summed E-state index contributed by atoms with van der Waals surface area (Å²) in [6, 6.07) is 4.69. The molecule has 1 aromatic carbocycles. The zero-order valence-electron chi connectivity index (χ0n) is 12.7. The van der Waals surface area contributed by atoms with Gasteiger partial charge >= 0.3 is 5.97 Å². The minimum atomic E-state index is -1.04. The summed E-state index contributed by atoms with van der Waals surface area (Å²) in [5.41, 5.74) is 1.18. The summed E-state index contributed by atoms with van der Waals surface area (Å²) in [4.78, 5) is 23.8. The summed E-state index contributed by atoms with van der Waals surface area (Å²) in [6.07, 6.45) is 2.01. The summed E-state index contributed by atoms with van der Waals surface area (Å²) >= 11 is 0. The van der Waals surface area contributed by atoms with E-state index in [9.17, 15) is 14.7 Å². The number of carboxylic acid groups (broad SMARTS) is 1. The molecule has 21 heavy (non-hydrogen) atoms. The standard InChI is InChI=1S/C16H22N2O3/c1-10-5-6-12(11(9-10)15(20)21)18-14(19)13-16(2,3)7-4-8-17-13/h5-6,9,13,17H,4,7-8H2,1-3H3,(H,18,19)(H,20,21). The molecule has 1 aliphatic rings. The van der Waals surface area contributed by atoms with Crippen LogP contribution in [0.4, 0.5) is 5.69 Å². The van der Waals surface area contributed by atoms with Gasteiger partial charge in [-0.1, -0.05) is 25.5 Å². The van der Waals surface area contributed by atoms with E-state index in [0.717, 1.165) is 24.9 Å². The van der Waals surface area contributed by atoms with Crippen LogP contribution in [-0.4, -0.2) is 29.6 Å². The molecule has 1 unspecified atom stereocenters. The number of aryl methyl sites for hydroxylation is 1. The van der Waals surface area contributed by atoms with Crippen molar-refractivity contribution in [3.8, 4) is 0 Å². The Bertz CT molecular complexity index is 567. The van der Waals surface area contributed by atoms with Crippen LogP contribution < -0.4 is 10.6 Å². The smallest absolute Gasteiger partial charge is 0.337 e. The van der Waals surface area contributed by atoms with E-state index in [4.69, 9.17) is 0 Å². The molecule has 1 saturated heterocycles. The highest BCUT2D eigenvalue weighted by molar-refractivity contribution is 6.02. The van der Waals surface area contributed by atoms with Crippen LogP contribution in [0.3, 0.4) is 0 Å². The number of anilines is 1. The second-order valence-electron chi connectivity index (χ2n) is 6.32. The topological polar surface area (TPSA) is 78.4 Å². The normalized spacial score (nSPS) is 20.8. The maximum atomic E-state index is 12.5. The Kier molecular flexibility index (Phi) is 4.32. The van der Waals surface area contributed by atoms with Gasteiger partial charge in [-0.3, -0.25) is 4.79 Å². The third kappa shape index (κ3) is 3.42. The van der Waals surface area contributed by atoms with E-state index in [1.807, 2.05) is 6.92 Å². The zero-order chi connectivity index (χ0) is 15.6. The second-order valence-corrected chi connectivity index (χ2v) is 6.32. The lowest BCUT2D eigenvalue weighted by Crippen LogP contribution is -2.53. The maximum absolute atomic E-state index is 12.5. The van der Waals surface area contributed by atoms with Crippen LogP contribution in [0.2, 0.25) is 0 Å². The molecule has 5 nitrogen and oxygen atoms in total. The Morgan fingerprint density at radius 2 is 2.10 bits per heavy atom. The number of hydrogen-bond acceptors (Lipinski definition) is 3. The summed E-state index contributed by atoms with van der Waals surface area (Å²) in [6.45, 7) is 6.73. The number of carbonyl (C=O) groups excluding carboxylic acids is 1. The Labute approximate surface area is 124 Å². The predicted molar refractivity (Wildman–Crippen MR) is 81.6 cm³/mol. The van der Waals surface area contributed by atoms with Crippen molar-refractivity contribution in [1.82, 2.24) is 5.32 Å². The molecule has 2 rings (SSSR count). The number of nitrogens with one attached hydrogen (secondary N) is 2. The van der Waals surface area contributed by atoms with Gasteiger partial charge in [-0.05, 0) is 43.9 Å². The van der Waals surface area contributed by atoms with E-state index >= 15 is 0 Å². The number of amides is 1. The van der Waals surface area contributed by atoms with E-state index in [0.29, 0.717) is 5.69 Å². The largest absolute Gasteiger partial charge is 0.478 e. The number of hydrogen-bond donors (Lipinski definition) is 3. The van der Waals surface area contributed by atoms with Crippen LogP contribution in [0, 0.1) is 12.3 Å². The van der Waals surface area contributed by atoms with Gasteiger partial charge in [-0.25, -0.2) is 4.79 Å². The molecule has 5 heteroatoms. The van der Waals surface area contributed by atoms with Crippen LogP contribution in [0.25, 0.3) is 0 Å². The Balaban J connectivity index is 2.22. The van der Waals surface area contributed by atoms with Gasteiger partial charge in [-0.15, -0.1) is 0 Å². The van der Waals surface area contributed by atoms with Crippen molar-refractivity contribution in [2.24, 2.45) is 5.41 Å². The molecule has 0 aromatic heterocycles. The van der Waals surface area contributed by atoms with Crippen molar-refractivity contribution >= 4 is 17.6 Å². The van der Waals surface area contributed by atoms with Crippen LogP contribution in [0.15, 0.2) is 18.2 Å². The average Bonchev–Trinajstić information content (AvgIpc) is 2.39. The number of benzene rings is 1. The average molecular weight is 290 g/mol. The van der Waals surface area contributed by atoms with E-state index in [2.05, 4.69) is 24.5 Å². The monoisotopic (exact) mass is 290 g/mol.